The lowest BCUT2D eigenvalue weighted by Gasteiger charge is -2.55. The van der Waals surface area contributed by atoms with Gasteiger partial charge in [0.1, 0.15) is 0 Å². The molecule has 0 radical (unpaired) electrons. The van der Waals surface area contributed by atoms with Crippen molar-refractivity contribution in [3.8, 4) is 0 Å². The number of hydrogen-bond acceptors (Lipinski definition) is 3. The van der Waals surface area contributed by atoms with Gasteiger partial charge in [-0.05, 0) is 62.2 Å². The van der Waals surface area contributed by atoms with Gasteiger partial charge in [0.2, 0.25) is 5.91 Å². The quantitative estimate of drug-likeness (QED) is 0.538. The Labute approximate surface area is 137 Å². The van der Waals surface area contributed by atoms with Crippen LogP contribution in [0.2, 0.25) is 0 Å². The maximum absolute atomic E-state index is 12.6. The molecule has 6 heteroatoms. The van der Waals surface area contributed by atoms with Crippen molar-refractivity contribution in [1.29, 1.82) is 0 Å². The van der Waals surface area contributed by atoms with Gasteiger partial charge in [-0.1, -0.05) is 13.8 Å². The van der Waals surface area contributed by atoms with Crippen LogP contribution in [0.1, 0.15) is 52.4 Å². The SMILES string of the molecule is CC(C)CNC(=O)C(=O)NNC(=O)C12CC3CC(CC(C3)C1)C2. The molecule has 23 heavy (non-hydrogen) atoms. The Morgan fingerprint density at radius 3 is 1.91 bits per heavy atom. The highest BCUT2D eigenvalue weighted by molar-refractivity contribution is 6.35. The summed E-state index contributed by atoms with van der Waals surface area (Å²) >= 11 is 0. The second-order valence-electron chi connectivity index (χ2n) is 8.21. The number of nitrogens with one attached hydrogen (secondary N) is 3. The highest BCUT2D eigenvalue weighted by atomic mass is 16.2. The molecule has 0 aromatic carbocycles. The molecule has 4 fully saturated rings. The number of amides is 3. The van der Waals surface area contributed by atoms with Crippen LogP contribution in [-0.4, -0.2) is 24.3 Å². The fourth-order valence-electron chi connectivity index (χ4n) is 5.07. The van der Waals surface area contributed by atoms with Gasteiger partial charge in [0, 0.05) is 6.54 Å². The monoisotopic (exact) mass is 321 g/mol. The molecular formula is C17H27N3O3. The van der Waals surface area contributed by atoms with Crippen LogP contribution in [0.3, 0.4) is 0 Å². The Bertz CT molecular complexity index is 480. The third-order valence-corrected chi connectivity index (χ3v) is 5.69. The van der Waals surface area contributed by atoms with E-state index >= 15 is 0 Å². The predicted molar refractivity (Wildman–Crippen MR) is 84.7 cm³/mol. The summed E-state index contributed by atoms with van der Waals surface area (Å²) in [6.07, 6.45) is 6.57. The topological polar surface area (TPSA) is 87.3 Å². The van der Waals surface area contributed by atoms with E-state index in [-0.39, 0.29) is 17.2 Å². The first-order chi connectivity index (χ1) is 10.9. The minimum Gasteiger partial charge on any atom is -0.348 e. The molecule has 4 bridgehead atoms. The summed E-state index contributed by atoms with van der Waals surface area (Å²) in [6.45, 7) is 4.34. The van der Waals surface area contributed by atoms with Crippen LogP contribution in [0.5, 0.6) is 0 Å². The van der Waals surface area contributed by atoms with Crippen LogP contribution in [0.25, 0.3) is 0 Å². The smallest absolute Gasteiger partial charge is 0.327 e. The number of hydrazine groups is 1. The van der Waals surface area contributed by atoms with Gasteiger partial charge in [-0.15, -0.1) is 0 Å². The lowest BCUT2D eigenvalue weighted by atomic mass is 9.49. The maximum atomic E-state index is 12.6. The Balaban J connectivity index is 1.52. The fraction of sp³-hybridized carbons (Fsp3) is 0.824. The van der Waals surface area contributed by atoms with Gasteiger partial charge in [-0.25, -0.2) is 0 Å². The molecule has 0 unspecified atom stereocenters. The first kappa shape index (κ1) is 16.3. The zero-order chi connectivity index (χ0) is 16.6. The predicted octanol–water partition coefficient (Wildman–Crippen LogP) is 1.12. The molecule has 0 heterocycles. The zero-order valence-corrected chi connectivity index (χ0v) is 14.0. The van der Waals surface area contributed by atoms with E-state index in [1.54, 1.807) is 0 Å². The van der Waals surface area contributed by atoms with E-state index < -0.39 is 11.8 Å². The molecule has 128 valence electrons. The zero-order valence-electron chi connectivity index (χ0n) is 14.0. The van der Waals surface area contributed by atoms with Crippen molar-refractivity contribution in [2.45, 2.75) is 52.4 Å². The highest BCUT2D eigenvalue weighted by Crippen LogP contribution is 2.59. The molecule has 6 nitrogen and oxygen atoms in total. The maximum Gasteiger partial charge on any atom is 0.327 e. The second kappa shape index (κ2) is 6.13. The molecule has 4 saturated carbocycles. The Kier molecular flexibility index (Phi) is 4.34. The van der Waals surface area contributed by atoms with Crippen LogP contribution < -0.4 is 16.2 Å². The Hall–Kier alpha value is -1.59. The van der Waals surface area contributed by atoms with Crippen molar-refractivity contribution in [3.63, 3.8) is 0 Å². The average Bonchev–Trinajstić information content (AvgIpc) is 2.48. The van der Waals surface area contributed by atoms with E-state index in [0.717, 1.165) is 19.3 Å². The summed E-state index contributed by atoms with van der Waals surface area (Å²) in [5.74, 6) is 0.648. The lowest BCUT2D eigenvalue weighted by Crippen LogP contribution is -2.58. The van der Waals surface area contributed by atoms with Gasteiger partial charge in [-0.2, -0.15) is 0 Å². The lowest BCUT2D eigenvalue weighted by molar-refractivity contribution is -0.150. The Morgan fingerprint density at radius 2 is 1.43 bits per heavy atom. The van der Waals surface area contributed by atoms with E-state index in [4.69, 9.17) is 0 Å². The number of carbonyl (C=O) groups is 3. The summed E-state index contributed by atoms with van der Waals surface area (Å²) in [5.41, 5.74) is 4.47. The molecule has 0 aliphatic heterocycles. The molecular weight excluding hydrogens is 294 g/mol. The standard InChI is InChI=1S/C17H27N3O3/c1-10(2)9-18-14(21)15(22)19-20-16(23)17-6-11-3-12(7-17)5-13(4-11)8-17/h10-13H,3-9H2,1-2H3,(H,18,21)(H,19,22)(H,20,23). The average molecular weight is 321 g/mol. The van der Waals surface area contributed by atoms with Crippen molar-refractivity contribution in [3.05, 3.63) is 0 Å². The van der Waals surface area contributed by atoms with Crippen molar-refractivity contribution in [2.24, 2.45) is 29.1 Å². The summed E-state index contributed by atoms with van der Waals surface area (Å²) in [5, 5.41) is 2.54. The minimum atomic E-state index is -0.802. The molecule has 0 aromatic rings. The van der Waals surface area contributed by atoms with Gasteiger partial charge in [-0.3, -0.25) is 25.2 Å². The summed E-state index contributed by atoms with van der Waals surface area (Å²) < 4.78 is 0. The second-order valence-corrected chi connectivity index (χ2v) is 8.21. The van der Waals surface area contributed by atoms with Gasteiger partial charge < -0.3 is 5.32 Å². The third-order valence-electron chi connectivity index (χ3n) is 5.69. The van der Waals surface area contributed by atoms with Crippen LogP contribution in [0.4, 0.5) is 0 Å². The molecule has 4 rings (SSSR count). The van der Waals surface area contributed by atoms with Crippen LogP contribution in [0, 0.1) is 29.1 Å². The molecule has 0 atom stereocenters. The van der Waals surface area contributed by atoms with Crippen LogP contribution >= 0.6 is 0 Å². The molecule has 3 N–H and O–H groups in total. The minimum absolute atomic E-state index is 0.110. The number of rotatable bonds is 3. The van der Waals surface area contributed by atoms with Gasteiger partial charge in [0.25, 0.3) is 0 Å². The van der Waals surface area contributed by atoms with Gasteiger partial charge in [0.15, 0.2) is 0 Å². The van der Waals surface area contributed by atoms with E-state index in [1.165, 1.54) is 19.3 Å². The van der Waals surface area contributed by atoms with E-state index in [0.29, 0.717) is 24.3 Å². The van der Waals surface area contributed by atoms with Gasteiger partial charge >= 0.3 is 11.8 Å². The van der Waals surface area contributed by atoms with Crippen molar-refractivity contribution >= 4 is 17.7 Å². The third kappa shape index (κ3) is 3.35. The van der Waals surface area contributed by atoms with Gasteiger partial charge in [0.05, 0.1) is 5.41 Å². The molecule has 0 aromatic heterocycles. The fourth-order valence-corrected chi connectivity index (χ4v) is 5.07. The Morgan fingerprint density at radius 1 is 0.913 bits per heavy atom. The first-order valence-corrected chi connectivity index (χ1v) is 8.76. The molecule has 4 aliphatic rings. The first-order valence-electron chi connectivity index (χ1n) is 8.76. The van der Waals surface area contributed by atoms with Crippen molar-refractivity contribution in [1.82, 2.24) is 16.2 Å². The van der Waals surface area contributed by atoms with E-state index in [1.807, 2.05) is 13.8 Å². The van der Waals surface area contributed by atoms with Crippen LogP contribution in [0.15, 0.2) is 0 Å². The molecule has 0 spiro atoms. The largest absolute Gasteiger partial charge is 0.348 e. The molecule has 0 saturated heterocycles. The molecule has 3 amide bonds. The van der Waals surface area contributed by atoms with E-state index in [9.17, 15) is 14.4 Å². The summed E-state index contributed by atoms with van der Waals surface area (Å²) in [6, 6.07) is 0. The van der Waals surface area contributed by atoms with Crippen LogP contribution in [-0.2, 0) is 14.4 Å². The highest BCUT2D eigenvalue weighted by Gasteiger charge is 2.54. The normalized spacial score (nSPS) is 34.3. The van der Waals surface area contributed by atoms with Crippen molar-refractivity contribution < 1.29 is 14.4 Å². The summed E-state index contributed by atoms with van der Waals surface area (Å²) in [7, 11) is 0. The number of hydrogen-bond donors (Lipinski definition) is 3. The van der Waals surface area contributed by atoms with Crippen molar-refractivity contribution in [2.75, 3.05) is 6.54 Å². The number of carbonyl (C=O) groups excluding carboxylic acids is 3. The summed E-state index contributed by atoms with van der Waals surface area (Å²) in [4.78, 5) is 36.0. The van der Waals surface area contributed by atoms with E-state index in [2.05, 4.69) is 16.2 Å². The molecule has 4 aliphatic carbocycles.